The van der Waals surface area contributed by atoms with Gasteiger partial charge in [0.1, 0.15) is 5.71 Å². The lowest BCUT2D eigenvalue weighted by molar-refractivity contribution is -0.544. The number of fused-ring (bicyclic) bond motifs is 1. The summed E-state index contributed by atoms with van der Waals surface area (Å²) in [7, 11) is 0. The molecule has 0 saturated carbocycles. The first-order chi connectivity index (χ1) is 4.88. The molecule has 0 amide bonds. The Kier molecular flexibility index (Phi) is 1.00. The van der Waals surface area contributed by atoms with Gasteiger partial charge in [-0.3, -0.25) is 0 Å². The number of hydrogen-bond donors (Lipinski definition) is 0. The zero-order chi connectivity index (χ0) is 6.97. The van der Waals surface area contributed by atoms with Crippen LogP contribution in [0.4, 0.5) is 0 Å². The smallest absolute Gasteiger partial charge is 0.231 e. The van der Waals surface area contributed by atoms with E-state index in [9.17, 15) is 0 Å². The zero-order valence-corrected chi connectivity index (χ0v) is 5.60. The highest BCUT2D eigenvalue weighted by Gasteiger charge is 2.28. The van der Waals surface area contributed by atoms with E-state index in [1.807, 2.05) is 13.1 Å². The van der Waals surface area contributed by atoms with Gasteiger partial charge in [-0.1, -0.05) is 4.68 Å². The van der Waals surface area contributed by atoms with Gasteiger partial charge < -0.3 is 0 Å². The van der Waals surface area contributed by atoms with Crippen molar-refractivity contribution < 1.29 is 4.68 Å². The Balaban J connectivity index is 2.43. The van der Waals surface area contributed by atoms with E-state index < -0.39 is 0 Å². The molecular formula is C6H7N4+. The van der Waals surface area contributed by atoms with E-state index in [-0.39, 0.29) is 6.17 Å². The molecule has 0 aromatic rings. The molecule has 0 aromatic carbocycles. The van der Waals surface area contributed by atoms with E-state index in [1.54, 1.807) is 10.9 Å². The fourth-order valence-corrected chi connectivity index (χ4v) is 0.982. The average Bonchev–Trinajstić information content (AvgIpc) is 2.36. The highest BCUT2D eigenvalue weighted by atomic mass is 15.5. The summed E-state index contributed by atoms with van der Waals surface area (Å²) in [4.78, 5) is 8.16. The van der Waals surface area contributed by atoms with Gasteiger partial charge in [-0.25, -0.2) is 9.98 Å². The van der Waals surface area contributed by atoms with Crippen LogP contribution in [0.1, 0.15) is 6.92 Å². The summed E-state index contributed by atoms with van der Waals surface area (Å²) in [6.45, 7) is 1.94. The Bertz CT molecular complexity index is 271. The fraction of sp³-hybridized carbons (Fsp3) is 0.333. The van der Waals surface area contributed by atoms with Crippen molar-refractivity contribution in [2.45, 2.75) is 13.1 Å². The van der Waals surface area contributed by atoms with Crippen LogP contribution in [0.25, 0.3) is 0 Å². The van der Waals surface area contributed by atoms with Gasteiger partial charge in [-0.15, -0.1) is 0 Å². The van der Waals surface area contributed by atoms with Crippen LogP contribution >= 0.6 is 0 Å². The molecule has 2 heterocycles. The standard InChI is InChI=1S/C6H7N4/c1-5-6-7-2-3-10(6)9-4-8-5/h2-4,6H,1H3/q+1. The van der Waals surface area contributed by atoms with Gasteiger partial charge in [0.05, 0.1) is 6.21 Å². The molecule has 0 aromatic heterocycles. The summed E-state index contributed by atoms with van der Waals surface area (Å²) in [6.07, 6.45) is 5.15. The van der Waals surface area contributed by atoms with E-state index in [2.05, 4.69) is 15.1 Å². The summed E-state index contributed by atoms with van der Waals surface area (Å²) >= 11 is 0. The van der Waals surface area contributed by atoms with Gasteiger partial charge >= 0.3 is 6.17 Å². The molecular weight excluding hydrogens is 128 g/mol. The van der Waals surface area contributed by atoms with E-state index in [0.29, 0.717) is 0 Å². The fourth-order valence-electron chi connectivity index (χ4n) is 0.982. The minimum Gasteiger partial charge on any atom is -0.231 e. The highest BCUT2D eigenvalue weighted by molar-refractivity contribution is 6.16. The second-order valence-electron chi connectivity index (χ2n) is 2.20. The molecule has 2 aliphatic heterocycles. The molecule has 2 aliphatic rings. The zero-order valence-electron chi connectivity index (χ0n) is 5.60. The van der Waals surface area contributed by atoms with Gasteiger partial charge in [-0.2, -0.15) is 0 Å². The molecule has 4 nitrogen and oxygen atoms in total. The molecule has 0 saturated heterocycles. The first-order valence-electron chi connectivity index (χ1n) is 3.09. The van der Waals surface area contributed by atoms with Gasteiger partial charge in [0.2, 0.25) is 6.21 Å². The van der Waals surface area contributed by atoms with Gasteiger partial charge in [0.15, 0.2) is 6.34 Å². The molecule has 0 spiro atoms. The quantitative estimate of drug-likeness (QED) is 0.416. The Morgan fingerprint density at radius 1 is 1.60 bits per heavy atom. The van der Waals surface area contributed by atoms with E-state index >= 15 is 0 Å². The number of hydrogen-bond acceptors (Lipinski definition) is 3. The number of nitrogens with zero attached hydrogens (tertiary/aromatic N) is 4. The lowest BCUT2D eigenvalue weighted by Gasteiger charge is -2.03. The van der Waals surface area contributed by atoms with Crippen molar-refractivity contribution in [1.82, 2.24) is 0 Å². The van der Waals surface area contributed by atoms with Crippen LogP contribution in [0.5, 0.6) is 0 Å². The lowest BCUT2D eigenvalue weighted by atomic mass is 10.3. The van der Waals surface area contributed by atoms with Crippen molar-refractivity contribution in [3.05, 3.63) is 0 Å². The van der Waals surface area contributed by atoms with Crippen LogP contribution in [-0.4, -0.2) is 35.3 Å². The molecule has 0 bridgehead atoms. The maximum Gasteiger partial charge on any atom is 0.315 e. The van der Waals surface area contributed by atoms with Crippen molar-refractivity contribution in [2.75, 3.05) is 0 Å². The molecule has 10 heavy (non-hydrogen) atoms. The van der Waals surface area contributed by atoms with Crippen molar-refractivity contribution >= 4 is 24.5 Å². The number of hydrazone groups is 1. The Hall–Kier alpha value is -1.32. The summed E-state index contributed by atoms with van der Waals surface area (Å²) < 4.78 is 1.78. The first kappa shape index (κ1) is 5.46. The molecule has 0 N–H and O–H groups in total. The monoisotopic (exact) mass is 135 g/mol. The molecule has 0 aliphatic carbocycles. The van der Waals surface area contributed by atoms with E-state index in [0.717, 1.165) is 5.71 Å². The second-order valence-corrected chi connectivity index (χ2v) is 2.20. The molecule has 50 valence electrons. The van der Waals surface area contributed by atoms with Crippen molar-refractivity contribution in [3.8, 4) is 0 Å². The predicted molar refractivity (Wildman–Crippen MR) is 40.2 cm³/mol. The summed E-state index contributed by atoms with van der Waals surface area (Å²) in [5.41, 5.74) is 0.986. The van der Waals surface area contributed by atoms with E-state index in [1.165, 1.54) is 6.34 Å². The van der Waals surface area contributed by atoms with Crippen molar-refractivity contribution in [2.24, 2.45) is 15.1 Å². The third kappa shape index (κ3) is 0.618. The largest absolute Gasteiger partial charge is 0.315 e. The Labute approximate surface area is 58.3 Å². The molecule has 1 unspecified atom stereocenters. The highest BCUT2D eigenvalue weighted by Crippen LogP contribution is 2.04. The third-order valence-corrected chi connectivity index (χ3v) is 1.52. The summed E-state index contributed by atoms with van der Waals surface area (Å²) in [5, 5.41) is 3.98. The Morgan fingerprint density at radius 3 is 3.30 bits per heavy atom. The topological polar surface area (TPSA) is 40.1 Å². The normalized spacial score (nSPS) is 27.9. The molecule has 4 heteroatoms. The van der Waals surface area contributed by atoms with Crippen LogP contribution in [0, 0.1) is 0 Å². The van der Waals surface area contributed by atoms with Gasteiger partial charge in [-0.05, 0) is 6.92 Å². The first-order valence-corrected chi connectivity index (χ1v) is 3.09. The van der Waals surface area contributed by atoms with Crippen LogP contribution in [-0.2, 0) is 0 Å². The van der Waals surface area contributed by atoms with Crippen LogP contribution in [0.15, 0.2) is 15.1 Å². The van der Waals surface area contributed by atoms with E-state index in [4.69, 9.17) is 0 Å². The van der Waals surface area contributed by atoms with Crippen LogP contribution < -0.4 is 0 Å². The molecule has 0 fully saturated rings. The maximum absolute atomic E-state index is 4.14. The average molecular weight is 135 g/mol. The third-order valence-electron chi connectivity index (χ3n) is 1.52. The van der Waals surface area contributed by atoms with Crippen molar-refractivity contribution in [1.29, 1.82) is 0 Å². The SMILES string of the molecule is CC1=NC=N[N+]2=CC=NC12. The van der Waals surface area contributed by atoms with Crippen LogP contribution in [0.2, 0.25) is 0 Å². The maximum atomic E-state index is 4.14. The molecule has 2 rings (SSSR count). The Morgan fingerprint density at radius 2 is 2.50 bits per heavy atom. The van der Waals surface area contributed by atoms with Gasteiger partial charge in [0, 0.05) is 5.10 Å². The minimum atomic E-state index is 0.0324. The molecule has 0 radical (unpaired) electrons. The lowest BCUT2D eigenvalue weighted by Crippen LogP contribution is -2.27. The number of aliphatic imine (C=N–C) groups is 2. The molecule has 1 atom stereocenters. The minimum absolute atomic E-state index is 0.0324. The van der Waals surface area contributed by atoms with Gasteiger partial charge in [0.25, 0.3) is 0 Å². The van der Waals surface area contributed by atoms with Crippen LogP contribution in [0.3, 0.4) is 0 Å². The number of rotatable bonds is 0. The predicted octanol–water partition coefficient (Wildman–Crippen LogP) is -0.102. The summed E-state index contributed by atoms with van der Waals surface area (Å²) in [6, 6.07) is 0. The van der Waals surface area contributed by atoms with Crippen molar-refractivity contribution in [3.63, 3.8) is 0 Å². The second kappa shape index (κ2) is 1.83. The summed E-state index contributed by atoms with van der Waals surface area (Å²) in [5.74, 6) is 0.